The summed E-state index contributed by atoms with van der Waals surface area (Å²) >= 11 is 0. The van der Waals surface area contributed by atoms with Gasteiger partial charge in [0.25, 0.3) is 0 Å². The smallest absolute Gasteiger partial charge is 0.545 e. The summed E-state index contributed by atoms with van der Waals surface area (Å²) in [5.41, 5.74) is 0.498. The fourth-order valence-corrected chi connectivity index (χ4v) is 0.174. The Morgan fingerprint density at radius 3 is 1.43 bits per heavy atom. The number of methoxy groups -OCH3 is 1. The van der Waals surface area contributed by atoms with Crippen LogP contribution in [0.5, 0.6) is 0 Å². The maximum absolute atomic E-state index is 10.2. The van der Waals surface area contributed by atoms with E-state index in [9.17, 15) is 14.7 Å². The Morgan fingerprint density at radius 2 is 1.43 bits per heavy atom. The third-order valence-electron chi connectivity index (χ3n) is 0.882. The number of hydrogen-bond acceptors (Lipinski definition) is 4. The van der Waals surface area contributed by atoms with Crippen LogP contribution in [0.25, 0.3) is 0 Å². The van der Waals surface area contributed by atoms with Gasteiger partial charge >= 0.3 is 24.8 Å². The minimum absolute atomic E-state index is 0. The number of hydrogen-bond donors (Lipinski definition) is 0. The van der Waals surface area contributed by atoms with E-state index < -0.39 is 5.97 Å². The Kier molecular flexibility index (Phi) is 13.5. The van der Waals surface area contributed by atoms with Crippen LogP contribution in [0, 0.1) is 0 Å². The molecule has 14 heavy (non-hydrogen) atoms. The molecule has 0 atom stereocenters. The number of carbonyl (C=O) groups is 2. The number of carboxylic acids is 1. The Bertz CT molecular complexity index is 221. The van der Waals surface area contributed by atoms with Gasteiger partial charge in [-0.2, -0.15) is 0 Å². The van der Waals surface area contributed by atoms with Crippen LogP contribution in [-0.2, 0) is 14.3 Å². The molecule has 0 aliphatic carbocycles. The largest absolute Gasteiger partial charge is 1.00 e. The first-order valence-electron chi connectivity index (χ1n) is 3.43. The van der Waals surface area contributed by atoms with Crippen molar-refractivity contribution in [1.29, 1.82) is 0 Å². The average Bonchev–Trinajstić information content (AvgIpc) is 2.03. The van der Waals surface area contributed by atoms with Crippen molar-refractivity contribution in [2.45, 2.75) is 13.8 Å². The van der Waals surface area contributed by atoms with Crippen molar-refractivity contribution < 1.29 is 38.3 Å². The van der Waals surface area contributed by atoms with Crippen molar-refractivity contribution in [1.82, 2.24) is 0 Å². The van der Waals surface area contributed by atoms with Crippen LogP contribution >= 0.6 is 0 Å². The number of aliphatic carboxylic acids is 1. The Labute approximate surface area is 95.8 Å². The van der Waals surface area contributed by atoms with Crippen molar-refractivity contribution >= 4 is 11.9 Å². The number of carbonyl (C=O) groups excluding carboxylic acids is 2. The molecule has 0 fully saturated rings. The normalized spacial score (nSPS) is 7.07. The molecule has 0 bridgehead atoms. The zero-order valence-electron chi connectivity index (χ0n) is 9.05. The molecule has 74 valence electrons. The van der Waals surface area contributed by atoms with E-state index >= 15 is 0 Å². The number of esters is 1. The van der Waals surface area contributed by atoms with E-state index in [2.05, 4.69) is 17.9 Å². The van der Waals surface area contributed by atoms with E-state index in [1.54, 1.807) is 6.92 Å². The van der Waals surface area contributed by atoms with Crippen LogP contribution in [0.2, 0.25) is 0 Å². The van der Waals surface area contributed by atoms with Gasteiger partial charge in [-0.3, -0.25) is 0 Å². The number of ether oxygens (including phenoxy) is 1. The summed E-state index contributed by atoms with van der Waals surface area (Å²) in [7, 11) is 1.33. The third-order valence-corrected chi connectivity index (χ3v) is 0.882. The molecule has 5 heteroatoms. The SMILES string of the molecule is C=C(C)C(=O)OC.C=C(C)C(=O)[O-].[Li+]. The summed E-state index contributed by atoms with van der Waals surface area (Å²) < 4.78 is 4.27. The molecule has 0 aromatic rings. The molecule has 0 saturated heterocycles. The summed E-state index contributed by atoms with van der Waals surface area (Å²) in [5.74, 6) is -1.53. The fraction of sp³-hybridized carbons (Fsp3) is 0.333. The Morgan fingerprint density at radius 1 is 1.14 bits per heavy atom. The molecule has 0 aliphatic heterocycles. The molecule has 0 N–H and O–H groups in total. The van der Waals surface area contributed by atoms with Crippen molar-refractivity contribution in [3.8, 4) is 0 Å². The van der Waals surface area contributed by atoms with Gasteiger partial charge in [0.1, 0.15) is 0 Å². The summed E-state index contributed by atoms with van der Waals surface area (Å²) in [6.45, 7) is 9.43. The van der Waals surface area contributed by atoms with Gasteiger partial charge in [-0.15, -0.1) is 0 Å². The monoisotopic (exact) mass is 192 g/mol. The molecule has 0 aromatic heterocycles. The average molecular weight is 192 g/mol. The second-order valence-electron chi connectivity index (χ2n) is 2.34. The molecule has 0 spiro atoms. The van der Waals surface area contributed by atoms with E-state index in [0.717, 1.165) is 0 Å². The first-order valence-corrected chi connectivity index (χ1v) is 3.43. The van der Waals surface area contributed by atoms with Gasteiger partial charge in [-0.05, 0) is 19.4 Å². The topological polar surface area (TPSA) is 66.4 Å². The van der Waals surface area contributed by atoms with Gasteiger partial charge in [0.05, 0.1) is 13.1 Å². The zero-order valence-corrected chi connectivity index (χ0v) is 9.05. The Balaban J connectivity index is -0.000000163. The molecule has 0 aromatic carbocycles. The van der Waals surface area contributed by atoms with Gasteiger partial charge in [0.2, 0.25) is 0 Å². The van der Waals surface area contributed by atoms with Gasteiger partial charge in [-0.25, -0.2) is 4.79 Å². The van der Waals surface area contributed by atoms with Crippen LogP contribution in [0.4, 0.5) is 0 Å². The van der Waals surface area contributed by atoms with Crippen LogP contribution in [0.3, 0.4) is 0 Å². The minimum atomic E-state index is -1.19. The second kappa shape index (κ2) is 10.1. The minimum Gasteiger partial charge on any atom is -0.545 e. The molecule has 4 nitrogen and oxygen atoms in total. The van der Waals surface area contributed by atoms with Crippen LogP contribution < -0.4 is 24.0 Å². The van der Waals surface area contributed by atoms with E-state index in [1.807, 2.05) is 0 Å². The van der Waals surface area contributed by atoms with Crippen molar-refractivity contribution in [2.75, 3.05) is 7.11 Å². The van der Waals surface area contributed by atoms with Crippen molar-refractivity contribution in [2.24, 2.45) is 0 Å². The second-order valence-corrected chi connectivity index (χ2v) is 2.34. The van der Waals surface area contributed by atoms with Gasteiger partial charge in [0, 0.05) is 5.57 Å². The zero-order chi connectivity index (χ0) is 11.0. The third kappa shape index (κ3) is 13.6. The molecule has 0 aliphatic rings. The van der Waals surface area contributed by atoms with E-state index in [-0.39, 0.29) is 30.4 Å². The summed E-state index contributed by atoms with van der Waals surface area (Å²) in [6, 6.07) is 0. The molecule has 0 heterocycles. The predicted octanol–water partition coefficient (Wildman–Crippen LogP) is -2.95. The molecule has 0 radical (unpaired) electrons. The summed E-state index contributed by atoms with van der Waals surface area (Å²) in [6.07, 6.45) is 0. The quantitative estimate of drug-likeness (QED) is 0.266. The van der Waals surface area contributed by atoms with Crippen molar-refractivity contribution in [3.63, 3.8) is 0 Å². The van der Waals surface area contributed by atoms with Gasteiger partial charge in [0.15, 0.2) is 0 Å². The summed E-state index contributed by atoms with van der Waals surface area (Å²) in [4.78, 5) is 19.7. The van der Waals surface area contributed by atoms with Gasteiger partial charge in [-0.1, -0.05) is 13.2 Å². The van der Waals surface area contributed by atoms with Crippen LogP contribution in [0.15, 0.2) is 24.3 Å². The first-order chi connectivity index (χ1) is 5.82. The number of carboxylic acid groups (broad SMARTS) is 1. The van der Waals surface area contributed by atoms with E-state index in [1.165, 1.54) is 14.0 Å². The van der Waals surface area contributed by atoms with Gasteiger partial charge < -0.3 is 14.6 Å². The number of rotatable bonds is 2. The molecule has 0 rings (SSSR count). The van der Waals surface area contributed by atoms with Crippen LogP contribution in [0.1, 0.15) is 13.8 Å². The van der Waals surface area contributed by atoms with Crippen LogP contribution in [-0.4, -0.2) is 19.0 Å². The predicted molar refractivity (Wildman–Crippen MR) is 46.7 cm³/mol. The standard InChI is InChI=1S/C5H8O2.C4H6O2.Li/c1-4(2)5(6)7-3;1-3(2)4(5)6;/h1H2,2-3H3;1H2,2H3,(H,5,6);/q;;+1/p-1. The molecular formula is C9H13LiO4. The maximum atomic E-state index is 10.2. The first kappa shape index (κ1) is 18.7. The van der Waals surface area contributed by atoms with Crippen molar-refractivity contribution in [3.05, 3.63) is 24.3 Å². The summed E-state index contributed by atoms with van der Waals surface area (Å²) in [5, 5.41) is 9.49. The Hall–Kier alpha value is -0.983. The molecule has 0 amide bonds. The maximum Gasteiger partial charge on any atom is 1.00 e. The molecular weight excluding hydrogens is 179 g/mol. The van der Waals surface area contributed by atoms with E-state index in [0.29, 0.717) is 5.57 Å². The fourth-order valence-electron chi connectivity index (χ4n) is 0.174. The molecule has 0 unspecified atom stereocenters. The molecule has 0 saturated carbocycles. The van der Waals surface area contributed by atoms with E-state index in [4.69, 9.17) is 0 Å².